The van der Waals surface area contributed by atoms with E-state index < -0.39 is 10.0 Å². The van der Waals surface area contributed by atoms with Crippen LogP contribution in [0.3, 0.4) is 0 Å². The van der Waals surface area contributed by atoms with Crippen LogP contribution in [0.2, 0.25) is 0 Å². The van der Waals surface area contributed by atoms with Crippen molar-refractivity contribution in [2.75, 3.05) is 25.0 Å². The fourth-order valence-electron chi connectivity index (χ4n) is 3.53. The summed E-state index contributed by atoms with van der Waals surface area (Å²) < 4.78 is 33.0. The summed E-state index contributed by atoms with van der Waals surface area (Å²) in [7, 11) is -3.40. The van der Waals surface area contributed by atoms with Crippen LogP contribution in [0.4, 0.5) is 5.69 Å². The van der Waals surface area contributed by atoms with Gasteiger partial charge in [-0.1, -0.05) is 0 Å². The zero-order valence-electron chi connectivity index (χ0n) is 11.9. The molecule has 1 aromatic carbocycles. The largest absolute Gasteiger partial charge is 0.385 e. The minimum absolute atomic E-state index is 0.0813. The summed E-state index contributed by atoms with van der Waals surface area (Å²) in [6, 6.07) is 5.47. The van der Waals surface area contributed by atoms with Crippen molar-refractivity contribution in [3.05, 3.63) is 23.8 Å². The first kappa shape index (κ1) is 13.5. The molecule has 0 spiro atoms. The summed E-state index contributed by atoms with van der Waals surface area (Å²) in [5.74, 6) is 0. The molecule has 0 radical (unpaired) electrons. The van der Waals surface area contributed by atoms with Gasteiger partial charge in [0.25, 0.3) is 0 Å². The predicted molar refractivity (Wildman–Crippen MR) is 79.9 cm³/mol. The fourth-order valence-corrected chi connectivity index (χ4v) is 5.09. The van der Waals surface area contributed by atoms with Gasteiger partial charge in [-0.05, 0) is 49.4 Å². The quantitative estimate of drug-likeness (QED) is 0.901. The first-order chi connectivity index (χ1) is 10.1. The zero-order chi connectivity index (χ0) is 14.4. The Labute approximate surface area is 125 Å². The lowest BCUT2D eigenvalue weighted by molar-refractivity contribution is -0.0114. The summed E-state index contributed by atoms with van der Waals surface area (Å²) in [6.07, 6.45) is 4.11. The van der Waals surface area contributed by atoms with Crippen molar-refractivity contribution in [1.29, 1.82) is 0 Å². The molecule has 0 saturated carbocycles. The number of nitrogens with zero attached hydrogens (tertiary/aromatic N) is 1. The summed E-state index contributed by atoms with van der Waals surface area (Å²) in [5.41, 5.74) is 2.18. The van der Waals surface area contributed by atoms with Gasteiger partial charge in [0.1, 0.15) is 0 Å². The topological polar surface area (TPSA) is 58.6 Å². The molecule has 114 valence electrons. The van der Waals surface area contributed by atoms with Gasteiger partial charge in [0.2, 0.25) is 10.0 Å². The highest BCUT2D eigenvalue weighted by atomic mass is 32.2. The van der Waals surface area contributed by atoms with E-state index in [2.05, 4.69) is 5.32 Å². The van der Waals surface area contributed by atoms with Crippen LogP contribution >= 0.6 is 0 Å². The number of anilines is 1. The highest BCUT2D eigenvalue weighted by molar-refractivity contribution is 7.89. The number of benzene rings is 1. The number of aryl methyl sites for hydroxylation is 1. The van der Waals surface area contributed by atoms with Crippen molar-refractivity contribution in [3.8, 4) is 0 Å². The van der Waals surface area contributed by atoms with E-state index in [-0.39, 0.29) is 12.2 Å². The van der Waals surface area contributed by atoms with Crippen molar-refractivity contribution in [2.24, 2.45) is 0 Å². The van der Waals surface area contributed by atoms with Crippen molar-refractivity contribution >= 4 is 15.7 Å². The van der Waals surface area contributed by atoms with Gasteiger partial charge in [0.15, 0.2) is 0 Å². The highest BCUT2D eigenvalue weighted by Crippen LogP contribution is 2.31. The number of ether oxygens (including phenoxy) is 1. The van der Waals surface area contributed by atoms with Crippen molar-refractivity contribution in [2.45, 2.75) is 42.8 Å². The lowest BCUT2D eigenvalue weighted by Gasteiger charge is -2.31. The van der Waals surface area contributed by atoms with Gasteiger partial charge in [0, 0.05) is 25.3 Å². The molecule has 2 bridgehead atoms. The molecule has 4 rings (SSSR count). The Morgan fingerprint density at radius 1 is 1.19 bits per heavy atom. The minimum atomic E-state index is -3.40. The number of morpholine rings is 1. The van der Waals surface area contributed by atoms with E-state index >= 15 is 0 Å². The summed E-state index contributed by atoms with van der Waals surface area (Å²) in [6.45, 7) is 1.95. The zero-order valence-corrected chi connectivity index (χ0v) is 12.7. The first-order valence-corrected chi connectivity index (χ1v) is 9.09. The van der Waals surface area contributed by atoms with Gasteiger partial charge >= 0.3 is 0 Å². The molecule has 3 aliphatic heterocycles. The Morgan fingerprint density at radius 2 is 1.95 bits per heavy atom. The van der Waals surface area contributed by atoms with Gasteiger partial charge in [-0.15, -0.1) is 0 Å². The summed E-state index contributed by atoms with van der Waals surface area (Å²) in [5, 5.41) is 3.32. The molecule has 0 aromatic heterocycles. The second-order valence-corrected chi connectivity index (χ2v) is 8.07. The van der Waals surface area contributed by atoms with Crippen LogP contribution in [-0.2, 0) is 21.2 Å². The molecule has 1 N–H and O–H groups in total. The lowest BCUT2D eigenvalue weighted by atomic mass is 10.0. The number of nitrogens with one attached hydrogen (secondary N) is 1. The molecule has 6 heteroatoms. The maximum Gasteiger partial charge on any atom is 0.243 e. The van der Waals surface area contributed by atoms with Gasteiger partial charge in [0.05, 0.1) is 17.1 Å². The van der Waals surface area contributed by atoms with Gasteiger partial charge in [-0.25, -0.2) is 8.42 Å². The maximum atomic E-state index is 12.8. The van der Waals surface area contributed by atoms with Crippen molar-refractivity contribution in [1.82, 2.24) is 4.31 Å². The van der Waals surface area contributed by atoms with E-state index in [1.54, 1.807) is 10.4 Å². The Morgan fingerprint density at radius 3 is 2.71 bits per heavy atom. The average molecular weight is 308 g/mol. The number of sulfonamides is 1. The molecule has 2 atom stereocenters. The van der Waals surface area contributed by atoms with Crippen LogP contribution in [-0.4, -0.2) is 44.6 Å². The lowest BCUT2D eigenvalue weighted by Crippen LogP contribution is -2.45. The molecule has 21 heavy (non-hydrogen) atoms. The molecule has 5 nitrogen and oxygen atoms in total. The highest BCUT2D eigenvalue weighted by Gasteiger charge is 2.39. The molecule has 2 unspecified atom stereocenters. The van der Waals surface area contributed by atoms with Crippen LogP contribution in [0.15, 0.2) is 23.1 Å². The molecule has 3 heterocycles. The van der Waals surface area contributed by atoms with Crippen LogP contribution in [0, 0.1) is 0 Å². The first-order valence-electron chi connectivity index (χ1n) is 7.65. The van der Waals surface area contributed by atoms with E-state index in [0.717, 1.165) is 43.5 Å². The number of hydrogen-bond acceptors (Lipinski definition) is 4. The Hall–Kier alpha value is -1.11. The summed E-state index contributed by atoms with van der Waals surface area (Å²) in [4.78, 5) is 0.422. The minimum Gasteiger partial charge on any atom is -0.385 e. The molecule has 1 aromatic rings. The molecule has 0 aliphatic carbocycles. The van der Waals surface area contributed by atoms with Crippen molar-refractivity contribution in [3.63, 3.8) is 0 Å². The Bertz CT molecular complexity index is 647. The average Bonchev–Trinajstić information content (AvgIpc) is 2.85. The third kappa shape index (κ3) is 2.35. The smallest absolute Gasteiger partial charge is 0.243 e. The van der Waals surface area contributed by atoms with E-state index in [1.807, 2.05) is 12.1 Å². The maximum absolute atomic E-state index is 12.8. The molecule has 2 fully saturated rings. The monoisotopic (exact) mass is 308 g/mol. The molecule has 0 amide bonds. The summed E-state index contributed by atoms with van der Waals surface area (Å²) >= 11 is 0. The molecule has 3 aliphatic rings. The van der Waals surface area contributed by atoms with E-state index in [4.69, 9.17) is 4.74 Å². The predicted octanol–water partition coefficient (Wildman–Crippen LogP) is 1.60. The van der Waals surface area contributed by atoms with E-state index in [9.17, 15) is 8.42 Å². The van der Waals surface area contributed by atoms with E-state index in [0.29, 0.717) is 18.0 Å². The molecular weight excluding hydrogens is 288 g/mol. The SMILES string of the molecule is O=S(=O)(c1ccc2c(c1)CCCN2)N1CC2CCC(C1)O2. The fraction of sp³-hybridized carbons (Fsp3) is 0.600. The van der Waals surface area contributed by atoms with Crippen molar-refractivity contribution < 1.29 is 13.2 Å². The number of hydrogen-bond donors (Lipinski definition) is 1. The second kappa shape index (κ2) is 4.97. The third-order valence-electron chi connectivity index (χ3n) is 4.66. The Balaban J connectivity index is 1.65. The molecular formula is C15H20N2O3S. The normalized spacial score (nSPS) is 29.0. The van der Waals surface area contributed by atoms with Gasteiger partial charge in [-0.3, -0.25) is 0 Å². The second-order valence-electron chi connectivity index (χ2n) is 6.13. The van der Waals surface area contributed by atoms with Crippen LogP contribution in [0.5, 0.6) is 0 Å². The standard InChI is InChI=1S/C15H20N2O3S/c18-21(19,17-9-12-3-4-13(10-17)20-12)14-5-6-15-11(8-14)2-1-7-16-15/h5-6,8,12-13,16H,1-4,7,9-10H2. The van der Waals surface area contributed by atoms with Crippen LogP contribution in [0.25, 0.3) is 0 Å². The third-order valence-corrected chi connectivity index (χ3v) is 6.49. The van der Waals surface area contributed by atoms with Crippen LogP contribution in [0.1, 0.15) is 24.8 Å². The Kier molecular flexibility index (Phi) is 3.20. The van der Waals surface area contributed by atoms with Crippen LogP contribution < -0.4 is 5.32 Å². The van der Waals surface area contributed by atoms with E-state index in [1.165, 1.54) is 0 Å². The number of fused-ring (bicyclic) bond motifs is 3. The van der Waals surface area contributed by atoms with Gasteiger partial charge in [-0.2, -0.15) is 4.31 Å². The molecule has 2 saturated heterocycles. The van der Waals surface area contributed by atoms with Gasteiger partial charge < -0.3 is 10.1 Å². The number of rotatable bonds is 2.